The maximum Gasteiger partial charge on any atom is 0.221 e. The molecule has 0 spiro atoms. The molecule has 1 aliphatic rings. The standard InChI is InChI=1S/C14H20N2O4/c1-19-12-3-2-4-13(6-12)20-9-11(17)8-15-10-5-14(18)16-7-10/h2-4,6,10-11,15,17H,5,7-9H2,1H3,(H,16,18). The van der Waals surface area contributed by atoms with E-state index < -0.39 is 6.10 Å². The predicted octanol–water partition coefficient (Wildman–Crippen LogP) is -0.0870. The summed E-state index contributed by atoms with van der Waals surface area (Å²) in [6.07, 6.45) is -0.166. The number of benzene rings is 1. The molecule has 1 aromatic carbocycles. The van der Waals surface area contributed by atoms with Gasteiger partial charge in [-0.15, -0.1) is 0 Å². The third-order valence-electron chi connectivity index (χ3n) is 3.10. The molecule has 1 aromatic rings. The van der Waals surface area contributed by atoms with Crippen LogP contribution >= 0.6 is 0 Å². The molecule has 20 heavy (non-hydrogen) atoms. The van der Waals surface area contributed by atoms with Crippen LogP contribution in [0.15, 0.2) is 24.3 Å². The Morgan fingerprint density at radius 3 is 3.00 bits per heavy atom. The second kappa shape index (κ2) is 7.12. The molecule has 6 nitrogen and oxygen atoms in total. The van der Waals surface area contributed by atoms with Crippen molar-refractivity contribution in [3.8, 4) is 11.5 Å². The number of amides is 1. The average Bonchev–Trinajstić information content (AvgIpc) is 2.89. The number of hydrogen-bond acceptors (Lipinski definition) is 5. The number of hydrogen-bond donors (Lipinski definition) is 3. The average molecular weight is 280 g/mol. The van der Waals surface area contributed by atoms with Gasteiger partial charge in [-0.2, -0.15) is 0 Å². The van der Waals surface area contributed by atoms with Gasteiger partial charge in [-0.1, -0.05) is 6.07 Å². The normalized spacial score (nSPS) is 19.5. The lowest BCUT2D eigenvalue weighted by Gasteiger charge is -2.16. The van der Waals surface area contributed by atoms with Gasteiger partial charge in [0, 0.05) is 31.6 Å². The Balaban J connectivity index is 1.69. The first-order valence-corrected chi connectivity index (χ1v) is 6.62. The lowest BCUT2D eigenvalue weighted by atomic mass is 10.2. The van der Waals surface area contributed by atoms with Crippen LogP contribution in [0.4, 0.5) is 0 Å². The van der Waals surface area contributed by atoms with Gasteiger partial charge in [0.1, 0.15) is 24.2 Å². The maximum absolute atomic E-state index is 11.0. The summed E-state index contributed by atoms with van der Waals surface area (Å²) in [7, 11) is 1.59. The topological polar surface area (TPSA) is 79.8 Å². The minimum absolute atomic E-state index is 0.0459. The van der Waals surface area contributed by atoms with Gasteiger partial charge in [-0.05, 0) is 12.1 Å². The molecule has 110 valence electrons. The van der Waals surface area contributed by atoms with Crippen molar-refractivity contribution in [2.45, 2.75) is 18.6 Å². The minimum atomic E-state index is -0.628. The van der Waals surface area contributed by atoms with E-state index in [-0.39, 0.29) is 18.6 Å². The van der Waals surface area contributed by atoms with Crippen LogP contribution in [0.5, 0.6) is 11.5 Å². The van der Waals surface area contributed by atoms with E-state index in [1.807, 2.05) is 18.2 Å². The summed E-state index contributed by atoms with van der Waals surface area (Å²) in [5, 5.41) is 15.7. The van der Waals surface area contributed by atoms with Crippen molar-refractivity contribution in [1.82, 2.24) is 10.6 Å². The van der Waals surface area contributed by atoms with E-state index in [0.29, 0.717) is 31.0 Å². The smallest absolute Gasteiger partial charge is 0.221 e. The highest BCUT2D eigenvalue weighted by Crippen LogP contribution is 2.18. The summed E-state index contributed by atoms with van der Waals surface area (Å²) >= 11 is 0. The molecule has 1 amide bonds. The van der Waals surface area contributed by atoms with Gasteiger partial charge in [0.05, 0.1) is 7.11 Å². The van der Waals surface area contributed by atoms with Crippen LogP contribution in [-0.4, -0.2) is 50.0 Å². The summed E-state index contributed by atoms with van der Waals surface area (Å²) in [6.45, 7) is 1.19. The lowest BCUT2D eigenvalue weighted by molar-refractivity contribution is -0.119. The van der Waals surface area contributed by atoms with Crippen LogP contribution in [0.1, 0.15) is 6.42 Å². The summed E-state index contributed by atoms with van der Waals surface area (Å²) in [5.74, 6) is 1.41. The fourth-order valence-electron chi connectivity index (χ4n) is 1.99. The first kappa shape index (κ1) is 14.6. The molecule has 0 saturated carbocycles. The van der Waals surface area contributed by atoms with E-state index in [4.69, 9.17) is 9.47 Å². The third kappa shape index (κ3) is 4.40. The molecule has 6 heteroatoms. The quantitative estimate of drug-likeness (QED) is 0.650. The van der Waals surface area contributed by atoms with Gasteiger partial charge >= 0.3 is 0 Å². The van der Waals surface area contributed by atoms with Crippen LogP contribution < -0.4 is 20.1 Å². The molecule has 1 fully saturated rings. The minimum Gasteiger partial charge on any atom is -0.497 e. The Morgan fingerprint density at radius 1 is 1.50 bits per heavy atom. The van der Waals surface area contributed by atoms with E-state index in [9.17, 15) is 9.90 Å². The highest BCUT2D eigenvalue weighted by atomic mass is 16.5. The van der Waals surface area contributed by atoms with Gasteiger partial charge in [-0.3, -0.25) is 4.79 Å². The monoisotopic (exact) mass is 280 g/mol. The van der Waals surface area contributed by atoms with Crippen molar-refractivity contribution in [1.29, 1.82) is 0 Å². The molecule has 1 heterocycles. The van der Waals surface area contributed by atoms with E-state index in [2.05, 4.69) is 10.6 Å². The number of methoxy groups -OCH3 is 1. The fraction of sp³-hybridized carbons (Fsp3) is 0.500. The fourth-order valence-corrected chi connectivity index (χ4v) is 1.99. The van der Waals surface area contributed by atoms with E-state index in [1.165, 1.54) is 0 Å². The van der Waals surface area contributed by atoms with Crippen LogP contribution in [0.25, 0.3) is 0 Å². The zero-order valence-corrected chi connectivity index (χ0v) is 11.5. The molecule has 0 radical (unpaired) electrons. The highest BCUT2D eigenvalue weighted by Gasteiger charge is 2.21. The Bertz CT molecular complexity index is 453. The molecule has 0 aliphatic carbocycles. The van der Waals surface area contributed by atoms with E-state index in [1.54, 1.807) is 13.2 Å². The van der Waals surface area contributed by atoms with Crippen LogP contribution in [0.2, 0.25) is 0 Å². The van der Waals surface area contributed by atoms with Gasteiger partial charge in [0.15, 0.2) is 0 Å². The van der Waals surface area contributed by atoms with Crippen molar-refractivity contribution in [3.05, 3.63) is 24.3 Å². The van der Waals surface area contributed by atoms with Crippen molar-refractivity contribution in [2.24, 2.45) is 0 Å². The summed E-state index contributed by atoms with van der Waals surface area (Å²) < 4.78 is 10.6. The molecule has 1 aliphatic heterocycles. The lowest BCUT2D eigenvalue weighted by Crippen LogP contribution is -2.39. The van der Waals surface area contributed by atoms with Crippen LogP contribution in [0.3, 0.4) is 0 Å². The summed E-state index contributed by atoms with van der Waals surface area (Å²) in [6, 6.07) is 7.32. The molecule has 2 unspecified atom stereocenters. The Morgan fingerprint density at radius 2 is 2.30 bits per heavy atom. The first-order chi connectivity index (χ1) is 9.67. The Kier molecular flexibility index (Phi) is 5.20. The second-order valence-corrected chi connectivity index (χ2v) is 4.76. The van der Waals surface area contributed by atoms with E-state index in [0.717, 1.165) is 0 Å². The van der Waals surface area contributed by atoms with Crippen LogP contribution in [0, 0.1) is 0 Å². The Labute approximate surface area is 118 Å². The Hall–Kier alpha value is -1.79. The number of carbonyl (C=O) groups excluding carboxylic acids is 1. The molecule has 3 N–H and O–H groups in total. The van der Waals surface area contributed by atoms with Crippen molar-refractivity contribution < 1.29 is 19.4 Å². The third-order valence-corrected chi connectivity index (χ3v) is 3.10. The van der Waals surface area contributed by atoms with Crippen molar-refractivity contribution in [3.63, 3.8) is 0 Å². The first-order valence-electron chi connectivity index (χ1n) is 6.62. The largest absolute Gasteiger partial charge is 0.497 e. The second-order valence-electron chi connectivity index (χ2n) is 4.76. The van der Waals surface area contributed by atoms with E-state index >= 15 is 0 Å². The molecule has 0 bridgehead atoms. The zero-order chi connectivity index (χ0) is 14.4. The van der Waals surface area contributed by atoms with Gasteiger partial charge in [-0.25, -0.2) is 0 Å². The van der Waals surface area contributed by atoms with Crippen molar-refractivity contribution in [2.75, 3.05) is 26.8 Å². The van der Waals surface area contributed by atoms with Crippen LogP contribution in [-0.2, 0) is 4.79 Å². The number of aliphatic hydroxyl groups is 1. The number of aliphatic hydroxyl groups excluding tert-OH is 1. The summed E-state index contributed by atoms with van der Waals surface area (Å²) in [5.41, 5.74) is 0. The zero-order valence-electron chi connectivity index (χ0n) is 11.5. The number of nitrogens with one attached hydrogen (secondary N) is 2. The SMILES string of the molecule is COc1cccc(OCC(O)CNC2CNC(=O)C2)c1. The molecular formula is C14H20N2O4. The molecule has 1 saturated heterocycles. The molecule has 2 rings (SSSR count). The molecular weight excluding hydrogens is 260 g/mol. The molecule has 2 atom stereocenters. The molecule has 0 aromatic heterocycles. The van der Waals surface area contributed by atoms with Gasteiger partial charge in [0.2, 0.25) is 5.91 Å². The number of carbonyl (C=O) groups is 1. The summed E-state index contributed by atoms with van der Waals surface area (Å²) in [4.78, 5) is 11.0. The van der Waals surface area contributed by atoms with Crippen molar-refractivity contribution >= 4 is 5.91 Å². The maximum atomic E-state index is 11.0. The van der Waals surface area contributed by atoms with Gasteiger partial charge in [0.25, 0.3) is 0 Å². The number of ether oxygens (including phenoxy) is 2. The van der Waals surface area contributed by atoms with Gasteiger partial charge < -0.3 is 25.2 Å². The predicted molar refractivity (Wildman–Crippen MR) is 73.9 cm³/mol. The highest BCUT2D eigenvalue weighted by molar-refractivity contribution is 5.78. The number of rotatable bonds is 7.